The first-order chi connectivity index (χ1) is 17.1. The molecule has 35 heavy (non-hydrogen) atoms. The third-order valence-electron chi connectivity index (χ3n) is 5.80. The summed E-state index contributed by atoms with van der Waals surface area (Å²) < 4.78 is 15.2. The molecule has 0 bridgehead atoms. The first kappa shape index (κ1) is 23.2. The molecule has 0 aliphatic heterocycles. The number of carbonyl (C=O) groups is 1. The first-order valence-electron chi connectivity index (χ1n) is 11.0. The van der Waals surface area contributed by atoms with Gasteiger partial charge in [-0.15, -0.1) is 21.5 Å². The van der Waals surface area contributed by atoms with Gasteiger partial charge < -0.3 is 13.7 Å². The van der Waals surface area contributed by atoms with Crippen LogP contribution in [0.1, 0.15) is 27.5 Å². The van der Waals surface area contributed by atoms with E-state index < -0.39 is 0 Å². The molecule has 0 N–H and O–H groups in total. The highest BCUT2D eigenvalue weighted by atomic mass is 32.2. The fraction of sp³-hybridized carbons (Fsp3) is 0.192. The van der Waals surface area contributed by atoms with Crippen molar-refractivity contribution in [3.63, 3.8) is 0 Å². The van der Waals surface area contributed by atoms with Crippen molar-refractivity contribution in [3.05, 3.63) is 89.0 Å². The van der Waals surface area contributed by atoms with Gasteiger partial charge in [-0.3, -0.25) is 9.36 Å². The van der Waals surface area contributed by atoms with E-state index in [9.17, 15) is 4.79 Å². The molecule has 0 spiro atoms. The highest BCUT2D eigenvalue weighted by molar-refractivity contribution is 7.99. The van der Waals surface area contributed by atoms with Crippen molar-refractivity contribution in [2.45, 2.75) is 25.5 Å². The van der Waals surface area contributed by atoms with Crippen molar-refractivity contribution in [2.24, 2.45) is 0 Å². The summed E-state index contributed by atoms with van der Waals surface area (Å²) >= 11 is 2.96. The number of nitrogens with zero attached hydrogens (tertiary/aromatic N) is 4. The summed E-state index contributed by atoms with van der Waals surface area (Å²) in [6.07, 6.45) is 1.66. The minimum absolute atomic E-state index is 0.0426. The molecule has 0 atom stereocenters. The number of hydrogen-bond donors (Lipinski definition) is 0. The van der Waals surface area contributed by atoms with Gasteiger partial charge in [0, 0.05) is 17.0 Å². The SMILES string of the molecule is COc1ccccc1-n1c(SCC(=O)c2cc(C)n(Cc3ccco3)c2C)nnc1-c1cccs1. The van der Waals surface area contributed by atoms with Gasteiger partial charge in [0.1, 0.15) is 11.5 Å². The molecule has 9 heteroatoms. The lowest BCUT2D eigenvalue weighted by Gasteiger charge is -2.13. The fourth-order valence-corrected chi connectivity index (χ4v) is 5.58. The smallest absolute Gasteiger partial charge is 0.196 e. The van der Waals surface area contributed by atoms with Crippen molar-refractivity contribution < 1.29 is 13.9 Å². The van der Waals surface area contributed by atoms with Gasteiger partial charge >= 0.3 is 0 Å². The van der Waals surface area contributed by atoms with Crippen LogP contribution in [0.25, 0.3) is 16.4 Å². The van der Waals surface area contributed by atoms with Crippen LogP contribution in [0.2, 0.25) is 0 Å². The number of thiophene rings is 1. The molecule has 0 fully saturated rings. The Bertz CT molecular complexity index is 1450. The second-order valence-electron chi connectivity index (χ2n) is 7.95. The van der Waals surface area contributed by atoms with Crippen LogP contribution in [-0.2, 0) is 6.54 Å². The van der Waals surface area contributed by atoms with Crippen molar-refractivity contribution in [3.8, 4) is 22.1 Å². The van der Waals surface area contributed by atoms with Crippen LogP contribution in [0.4, 0.5) is 0 Å². The molecular weight excluding hydrogens is 480 g/mol. The number of hydrogen-bond acceptors (Lipinski definition) is 7. The number of ketones is 1. The molecular formula is C26H24N4O3S2. The Balaban J connectivity index is 1.43. The summed E-state index contributed by atoms with van der Waals surface area (Å²) in [6.45, 7) is 4.57. The van der Waals surface area contributed by atoms with E-state index in [2.05, 4.69) is 14.8 Å². The minimum atomic E-state index is 0.0426. The molecule has 178 valence electrons. The van der Waals surface area contributed by atoms with Gasteiger partial charge in [0.2, 0.25) is 0 Å². The highest BCUT2D eigenvalue weighted by Gasteiger charge is 2.22. The van der Waals surface area contributed by atoms with Gasteiger partial charge in [0.25, 0.3) is 0 Å². The van der Waals surface area contributed by atoms with Gasteiger partial charge in [-0.05, 0) is 55.6 Å². The number of para-hydroxylation sites is 2. The largest absolute Gasteiger partial charge is 0.495 e. The fourth-order valence-electron chi connectivity index (χ4n) is 4.05. The van der Waals surface area contributed by atoms with Gasteiger partial charge in [0.15, 0.2) is 16.8 Å². The maximum absolute atomic E-state index is 13.3. The average Bonchev–Trinajstić information content (AvgIpc) is 3.68. The first-order valence-corrected chi connectivity index (χ1v) is 12.9. The van der Waals surface area contributed by atoms with Crippen LogP contribution < -0.4 is 4.74 Å². The average molecular weight is 505 g/mol. The number of methoxy groups -OCH3 is 1. The second-order valence-corrected chi connectivity index (χ2v) is 9.84. The highest BCUT2D eigenvalue weighted by Crippen LogP contribution is 2.34. The summed E-state index contributed by atoms with van der Waals surface area (Å²) in [5.41, 5.74) is 3.48. The summed E-state index contributed by atoms with van der Waals surface area (Å²) in [6, 6.07) is 17.5. The van der Waals surface area contributed by atoms with Gasteiger partial charge in [0.05, 0.1) is 36.2 Å². The van der Waals surface area contributed by atoms with Gasteiger partial charge in [-0.2, -0.15) is 0 Å². The molecule has 5 aromatic rings. The Morgan fingerprint density at radius 2 is 1.97 bits per heavy atom. The van der Waals surface area contributed by atoms with E-state index in [0.717, 1.165) is 33.5 Å². The normalized spacial score (nSPS) is 11.2. The van der Waals surface area contributed by atoms with Crippen LogP contribution in [0.5, 0.6) is 5.75 Å². The number of furan rings is 1. The zero-order chi connectivity index (χ0) is 24.4. The molecule has 0 saturated carbocycles. The number of ether oxygens (including phenoxy) is 1. The van der Waals surface area contributed by atoms with E-state index in [-0.39, 0.29) is 11.5 Å². The van der Waals surface area contributed by atoms with Crippen molar-refractivity contribution in [2.75, 3.05) is 12.9 Å². The van der Waals surface area contributed by atoms with Gasteiger partial charge in [-0.25, -0.2) is 0 Å². The Hall–Kier alpha value is -3.56. The maximum atomic E-state index is 13.3. The summed E-state index contributed by atoms with van der Waals surface area (Å²) in [5.74, 6) is 2.56. The third kappa shape index (κ3) is 4.56. The number of benzene rings is 1. The molecule has 0 aliphatic carbocycles. The van der Waals surface area contributed by atoms with E-state index in [1.807, 2.05) is 78.4 Å². The third-order valence-corrected chi connectivity index (χ3v) is 7.60. The Morgan fingerprint density at radius 3 is 2.71 bits per heavy atom. The van der Waals surface area contributed by atoms with E-state index in [1.165, 1.54) is 11.8 Å². The minimum Gasteiger partial charge on any atom is -0.495 e. The topological polar surface area (TPSA) is 75.1 Å². The molecule has 0 saturated heterocycles. The van der Waals surface area contributed by atoms with Crippen LogP contribution in [0.15, 0.2) is 75.8 Å². The molecule has 1 aromatic carbocycles. The summed E-state index contributed by atoms with van der Waals surface area (Å²) in [7, 11) is 1.64. The van der Waals surface area contributed by atoms with Crippen molar-refractivity contribution >= 4 is 28.9 Å². The van der Waals surface area contributed by atoms with E-state index in [4.69, 9.17) is 9.15 Å². The number of carbonyl (C=O) groups excluding carboxylic acids is 1. The molecule has 0 radical (unpaired) electrons. The lowest BCUT2D eigenvalue weighted by Crippen LogP contribution is -2.08. The monoisotopic (exact) mass is 504 g/mol. The maximum Gasteiger partial charge on any atom is 0.196 e. The molecule has 7 nitrogen and oxygen atoms in total. The van der Waals surface area contributed by atoms with Gasteiger partial charge in [-0.1, -0.05) is 30.0 Å². The number of Topliss-reactive ketones (excluding diaryl/α,β-unsaturated/α-hetero) is 1. The Kier molecular flexibility index (Phi) is 6.61. The quantitative estimate of drug-likeness (QED) is 0.180. The van der Waals surface area contributed by atoms with E-state index in [1.54, 1.807) is 24.7 Å². The van der Waals surface area contributed by atoms with Crippen LogP contribution in [-0.4, -0.2) is 38.0 Å². The lowest BCUT2D eigenvalue weighted by molar-refractivity contribution is 0.102. The molecule has 0 aliphatic rings. The Morgan fingerprint density at radius 1 is 1.11 bits per heavy atom. The zero-order valence-electron chi connectivity index (χ0n) is 19.6. The number of thioether (sulfide) groups is 1. The van der Waals surface area contributed by atoms with Crippen LogP contribution in [0, 0.1) is 13.8 Å². The van der Waals surface area contributed by atoms with Crippen molar-refractivity contribution in [1.82, 2.24) is 19.3 Å². The molecule has 4 aromatic heterocycles. The number of aromatic nitrogens is 4. The second kappa shape index (κ2) is 9.97. The summed E-state index contributed by atoms with van der Waals surface area (Å²) in [5, 5.41) is 11.5. The predicted octanol–water partition coefficient (Wildman–Crippen LogP) is 6.04. The van der Waals surface area contributed by atoms with E-state index in [0.29, 0.717) is 23.0 Å². The molecule has 0 amide bonds. The predicted molar refractivity (Wildman–Crippen MR) is 138 cm³/mol. The molecule has 4 heterocycles. The molecule has 5 rings (SSSR count). The van der Waals surface area contributed by atoms with Crippen molar-refractivity contribution in [1.29, 1.82) is 0 Å². The lowest BCUT2D eigenvalue weighted by atomic mass is 10.2. The standard InChI is InChI=1S/C26H24N4O3S2/c1-17-14-20(18(2)29(17)15-19-8-6-12-33-19)22(31)16-35-26-28-27-25(24-11-7-13-34-24)30(26)21-9-4-5-10-23(21)32-3/h4-14H,15-16H2,1-3H3. The van der Waals surface area contributed by atoms with E-state index >= 15 is 0 Å². The molecule has 0 unspecified atom stereocenters. The number of aryl methyl sites for hydroxylation is 1. The summed E-state index contributed by atoms with van der Waals surface area (Å²) in [4.78, 5) is 14.3. The number of rotatable bonds is 9. The zero-order valence-corrected chi connectivity index (χ0v) is 21.2. The van der Waals surface area contributed by atoms with Crippen LogP contribution >= 0.6 is 23.1 Å². The van der Waals surface area contributed by atoms with Crippen LogP contribution in [0.3, 0.4) is 0 Å². The Labute approximate surface area is 211 Å².